The number of phenols is 1. The highest BCUT2D eigenvalue weighted by Gasteiger charge is 2.24. The van der Waals surface area contributed by atoms with Gasteiger partial charge in [0, 0.05) is 51.4 Å². The van der Waals surface area contributed by atoms with Crippen molar-refractivity contribution in [3.05, 3.63) is 87.1 Å². The second-order valence-electron chi connectivity index (χ2n) is 10.5. The molecule has 202 valence electrons. The van der Waals surface area contributed by atoms with E-state index >= 15 is 0 Å². The SMILES string of the molecule is O=C(N[C@@H](Cc1c[nH]c2ccc(O)cc12)c1cscn1)c1ccc2c(c1)nc(-c1ccsc1)n2C1CCCCC1. The molecule has 1 aliphatic rings. The number of hydrogen-bond acceptors (Lipinski definition) is 6. The van der Waals surface area contributed by atoms with Crippen LogP contribution in [0, 0.1) is 0 Å². The van der Waals surface area contributed by atoms with Crippen molar-refractivity contribution in [2.45, 2.75) is 50.6 Å². The maximum atomic E-state index is 13.6. The molecule has 0 radical (unpaired) electrons. The highest BCUT2D eigenvalue weighted by atomic mass is 32.1. The third kappa shape index (κ3) is 4.69. The molecule has 1 aliphatic carbocycles. The average Bonchev–Trinajstić information content (AvgIpc) is 3.79. The number of carbonyl (C=O) groups excluding carboxylic acids is 1. The number of H-pyrrole nitrogens is 1. The normalized spacial score (nSPS) is 15.1. The molecule has 1 fully saturated rings. The summed E-state index contributed by atoms with van der Waals surface area (Å²) in [4.78, 5) is 26.5. The Balaban J connectivity index is 1.21. The summed E-state index contributed by atoms with van der Waals surface area (Å²) in [6.07, 6.45) is 8.56. The molecule has 1 saturated carbocycles. The molecule has 3 N–H and O–H groups in total. The van der Waals surface area contributed by atoms with Crippen LogP contribution in [0.15, 0.2) is 70.3 Å². The molecule has 7 nitrogen and oxygen atoms in total. The number of aromatic hydroxyl groups is 1. The Hall–Kier alpha value is -3.95. The number of hydrogen-bond donors (Lipinski definition) is 3. The highest BCUT2D eigenvalue weighted by molar-refractivity contribution is 7.08. The van der Waals surface area contributed by atoms with Gasteiger partial charge in [-0.3, -0.25) is 4.79 Å². The first-order chi connectivity index (χ1) is 19.6. The van der Waals surface area contributed by atoms with Gasteiger partial charge in [0.15, 0.2) is 0 Å². The van der Waals surface area contributed by atoms with Crippen LogP contribution in [0.4, 0.5) is 0 Å². The van der Waals surface area contributed by atoms with Crippen molar-refractivity contribution < 1.29 is 9.90 Å². The lowest BCUT2D eigenvalue weighted by molar-refractivity contribution is 0.0936. The number of thiophene rings is 1. The van der Waals surface area contributed by atoms with E-state index in [2.05, 4.69) is 42.7 Å². The number of nitrogens with one attached hydrogen (secondary N) is 2. The van der Waals surface area contributed by atoms with Gasteiger partial charge in [-0.05, 0) is 66.2 Å². The highest BCUT2D eigenvalue weighted by Crippen LogP contribution is 2.37. The number of thiazole rings is 1. The molecular formula is C31H29N5O2S2. The quantitative estimate of drug-likeness (QED) is 0.185. The monoisotopic (exact) mass is 567 g/mol. The minimum absolute atomic E-state index is 0.160. The second-order valence-corrected chi connectivity index (χ2v) is 12.0. The molecule has 0 spiro atoms. The van der Waals surface area contributed by atoms with Gasteiger partial charge in [-0.25, -0.2) is 9.97 Å². The van der Waals surface area contributed by atoms with Crippen LogP contribution in [0.25, 0.3) is 33.3 Å². The number of carbonyl (C=O) groups is 1. The largest absolute Gasteiger partial charge is 0.508 e. The fourth-order valence-electron chi connectivity index (χ4n) is 5.96. The topological polar surface area (TPSA) is 95.8 Å². The van der Waals surface area contributed by atoms with E-state index in [-0.39, 0.29) is 17.7 Å². The van der Waals surface area contributed by atoms with Crippen LogP contribution in [0.1, 0.15) is 65.8 Å². The van der Waals surface area contributed by atoms with Crippen LogP contribution >= 0.6 is 22.7 Å². The summed E-state index contributed by atoms with van der Waals surface area (Å²) in [6, 6.07) is 13.4. The molecule has 4 heterocycles. The van der Waals surface area contributed by atoms with Crippen molar-refractivity contribution in [1.82, 2.24) is 24.8 Å². The maximum Gasteiger partial charge on any atom is 0.251 e. The summed E-state index contributed by atoms with van der Waals surface area (Å²) >= 11 is 3.18. The number of aromatic nitrogens is 4. The molecule has 7 rings (SSSR count). The average molecular weight is 568 g/mol. The number of nitrogens with zero attached hydrogens (tertiary/aromatic N) is 3. The molecule has 6 aromatic rings. The van der Waals surface area contributed by atoms with Gasteiger partial charge in [0.1, 0.15) is 11.6 Å². The number of benzene rings is 2. The minimum atomic E-state index is -0.322. The molecule has 1 atom stereocenters. The van der Waals surface area contributed by atoms with Crippen LogP contribution in [0.5, 0.6) is 5.75 Å². The lowest BCUT2D eigenvalue weighted by Gasteiger charge is -2.25. The van der Waals surface area contributed by atoms with Gasteiger partial charge in [-0.2, -0.15) is 11.3 Å². The van der Waals surface area contributed by atoms with E-state index in [0.717, 1.165) is 57.4 Å². The third-order valence-electron chi connectivity index (χ3n) is 7.96. The van der Waals surface area contributed by atoms with Gasteiger partial charge >= 0.3 is 0 Å². The van der Waals surface area contributed by atoms with Gasteiger partial charge in [0.05, 0.1) is 28.3 Å². The number of aromatic amines is 1. The lowest BCUT2D eigenvalue weighted by Crippen LogP contribution is -2.30. The summed E-state index contributed by atoms with van der Waals surface area (Å²) in [5.74, 6) is 1.04. The summed E-state index contributed by atoms with van der Waals surface area (Å²) in [5.41, 5.74) is 8.18. The van der Waals surface area contributed by atoms with Crippen LogP contribution < -0.4 is 5.32 Å². The smallest absolute Gasteiger partial charge is 0.251 e. The van der Waals surface area contributed by atoms with Crippen molar-refractivity contribution >= 4 is 50.5 Å². The molecular weight excluding hydrogens is 539 g/mol. The fraction of sp³-hybridized carbons (Fsp3) is 0.258. The Morgan fingerprint density at radius 1 is 1.10 bits per heavy atom. The van der Waals surface area contributed by atoms with E-state index in [4.69, 9.17) is 4.98 Å². The van der Waals surface area contributed by atoms with Crippen molar-refractivity contribution in [3.63, 3.8) is 0 Å². The number of fused-ring (bicyclic) bond motifs is 2. The Morgan fingerprint density at radius 3 is 2.80 bits per heavy atom. The summed E-state index contributed by atoms with van der Waals surface area (Å²) in [5, 5.41) is 20.4. The minimum Gasteiger partial charge on any atom is -0.508 e. The van der Waals surface area contributed by atoms with E-state index in [1.807, 2.05) is 29.8 Å². The van der Waals surface area contributed by atoms with Gasteiger partial charge in [0.25, 0.3) is 5.91 Å². The van der Waals surface area contributed by atoms with Gasteiger partial charge < -0.3 is 20.0 Å². The molecule has 0 saturated heterocycles. The zero-order valence-corrected chi connectivity index (χ0v) is 23.5. The summed E-state index contributed by atoms with van der Waals surface area (Å²) in [6.45, 7) is 0. The van der Waals surface area contributed by atoms with Gasteiger partial charge in [-0.15, -0.1) is 11.3 Å². The second kappa shape index (κ2) is 10.6. The van der Waals surface area contributed by atoms with Crippen LogP contribution in [-0.2, 0) is 6.42 Å². The van der Waals surface area contributed by atoms with Crippen LogP contribution in [-0.4, -0.2) is 30.5 Å². The number of rotatable bonds is 7. The van der Waals surface area contributed by atoms with Crippen molar-refractivity contribution in [3.8, 4) is 17.1 Å². The molecule has 1 amide bonds. The Bertz CT molecular complexity index is 1780. The molecule has 4 aromatic heterocycles. The molecule has 2 aromatic carbocycles. The van der Waals surface area contributed by atoms with Crippen molar-refractivity contribution in [1.29, 1.82) is 0 Å². The standard InChI is InChI=1S/C31H29N5O2S2/c37-23-7-8-25-24(14-23)21(15-32-25)13-26(28-17-40-18-33-28)35-31(38)19-6-9-29-27(12-19)34-30(20-10-11-39-16-20)36(29)22-4-2-1-3-5-22/h6-12,14-18,22,26,32,37H,1-5,13H2,(H,35,38)/t26-/m0/s1. The first-order valence-corrected chi connectivity index (χ1v) is 15.5. The Labute approximate surface area is 239 Å². The molecule has 0 aliphatic heterocycles. The summed E-state index contributed by atoms with van der Waals surface area (Å²) < 4.78 is 2.41. The van der Waals surface area contributed by atoms with Gasteiger partial charge in [0.2, 0.25) is 0 Å². The molecule has 9 heteroatoms. The summed E-state index contributed by atoms with van der Waals surface area (Å²) in [7, 11) is 0. The van der Waals surface area contributed by atoms with Crippen LogP contribution in [0.3, 0.4) is 0 Å². The first kappa shape index (κ1) is 25.0. The fourth-order valence-corrected chi connectivity index (χ4v) is 7.21. The van der Waals surface area contributed by atoms with Gasteiger partial charge in [-0.1, -0.05) is 19.3 Å². The zero-order chi connectivity index (χ0) is 27.1. The van der Waals surface area contributed by atoms with E-state index in [1.54, 1.807) is 29.0 Å². The predicted molar refractivity (Wildman–Crippen MR) is 161 cm³/mol. The van der Waals surface area contributed by atoms with E-state index in [1.165, 1.54) is 30.6 Å². The molecule has 40 heavy (non-hydrogen) atoms. The van der Waals surface area contributed by atoms with E-state index in [0.29, 0.717) is 18.0 Å². The lowest BCUT2D eigenvalue weighted by atomic mass is 9.95. The number of phenolic OH excluding ortho intramolecular Hbond substituents is 1. The Morgan fingerprint density at radius 2 is 2.00 bits per heavy atom. The third-order valence-corrected chi connectivity index (χ3v) is 9.25. The molecule has 0 bridgehead atoms. The maximum absolute atomic E-state index is 13.6. The van der Waals surface area contributed by atoms with E-state index < -0.39 is 0 Å². The number of amides is 1. The molecule has 0 unspecified atom stereocenters. The first-order valence-electron chi connectivity index (χ1n) is 13.7. The van der Waals surface area contributed by atoms with Crippen LogP contribution in [0.2, 0.25) is 0 Å². The number of imidazole rings is 1. The Kier molecular flexibility index (Phi) is 6.61. The van der Waals surface area contributed by atoms with Crippen molar-refractivity contribution in [2.24, 2.45) is 0 Å². The van der Waals surface area contributed by atoms with E-state index in [9.17, 15) is 9.90 Å². The van der Waals surface area contributed by atoms with Crippen molar-refractivity contribution in [2.75, 3.05) is 0 Å². The zero-order valence-electron chi connectivity index (χ0n) is 21.8. The predicted octanol–water partition coefficient (Wildman–Crippen LogP) is 7.63.